The molecule has 1 atom stereocenters. The molecule has 0 spiro atoms. The van der Waals surface area contributed by atoms with Crippen LogP contribution in [0.5, 0.6) is 0 Å². The van der Waals surface area contributed by atoms with Crippen LogP contribution in [0.25, 0.3) is 0 Å². The number of carbonyl (C=O) groups is 1. The molecule has 1 N–H and O–H groups in total. The fourth-order valence-corrected chi connectivity index (χ4v) is 2.22. The lowest BCUT2D eigenvalue weighted by Gasteiger charge is -2.17. The fraction of sp³-hybridized carbons (Fsp3) is 0.615. The van der Waals surface area contributed by atoms with Gasteiger partial charge in [-0.15, -0.1) is 0 Å². The summed E-state index contributed by atoms with van der Waals surface area (Å²) in [6.45, 7) is 1.51. The molecule has 6 heteroatoms. The molecule has 2 heterocycles. The molecule has 1 aromatic rings. The summed E-state index contributed by atoms with van der Waals surface area (Å²) in [5.74, 6) is -0.211. The molecule has 1 fully saturated rings. The minimum Gasteiger partial charge on any atom is -0.378 e. The molecule has 2 rings (SSSR count). The zero-order valence-electron chi connectivity index (χ0n) is 11.1. The van der Waals surface area contributed by atoms with Gasteiger partial charge in [0, 0.05) is 20.2 Å². The first kappa shape index (κ1) is 13.7. The predicted octanol–water partition coefficient (Wildman–Crippen LogP) is 0.801. The molecule has 104 valence electrons. The third-order valence-corrected chi connectivity index (χ3v) is 3.27. The number of nitrogens with one attached hydrogen (secondary N) is 1. The van der Waals surface area contributed by atoms with Crippen LogP contribution < -0.4 is 5.56 Å². The van der Waals surface area contributed by atoms with E-state index in [2.05, 4.69) is 9.97 Å². The van der Waals surface area contributed by atoms with Gasteiger partial charge < -0.3 is 14.6 Å². The van der Waals surface area contributed by atoms with Crippen LogP contribution >= 0.6 is 0 Å². The Hall–Kier alpha value is -1.69. The third kappa shape index (κ3) is 3.89. The minimum absolute atomic E-state index is 0.211. The maximum atomic E-state index is 12.0. The summed E-state index contributed by atoms with van der Waals surface area (Å²) in [5.41, 5.74) is -0.134. The molecule has 1 saturated heterocycles. The number of hydrogen-bond donors (Lipinski definition) is 1. The molecule has 1 amide bonds. The van der Waals surface area contributed by atoms with Crippen molar-refractivity contribution >= 4 is 5.91 Å². The van der Waals surface area contributed by atoms with Crippen molar-refractivity contribution in [3.05, 3.63) is 28.4 Å². The van der Waals surface area contributed by atoms with Gasteiger partial charge in [0.25, 0.3) is 11.5 Å². The highest BCUT2D eigenvalue weighted by Gasteiger charge is 2.17. The van der Waals surface area contributed by atoms with E-state index in [1.165, 1.54) is 6.20 Å². The highest BCUT2D eigenvalue weighted by molar-refractivity contribution is 5.91. The van der Waals surface area contributed by atoms with Crippen molar-refractivity contribution in [3.63, 3.8) is 0 Å². The Morgan fingerprint density at radius 2 is 2.42 bits per heavy atom. The van der Waals surface area contributed by atoms with Crippen LogP contribution in [0.2, 0.25) is 0 Å². The van der Waals surface area contributed by atoms with Crippen LogP contribution in [0.4, 0.5) is 0 Å². The summed E-state index contributed by atoms with van der Waals surface area (Å²) in [6, 6.07) is 0. The van der Waals surface area contributed by atoms with Crippen LogP contribution in [-0.4, -0.2) is 47.1 Å². The lowest BCUT2D eigenvalue weighted by atomic mass is 10.1. The molecule has 0 aromatic carbocycles. The second-order valence-electron chi connectivity index (χ2n) is 4.81. The summed E-state index contributed by atoms with van der Waals surface area (Å²) in [5, 5.41) is 0. The standard InChI is InChI=1S/C13H19N3O3/c1-16(6-2-4-10-5-3-7-19-10)13(18)11-8-14-9-12(17)15-11/h8-10H,2-7H2,1H3,(H,15,17)/t10-/m0/s1. The number of aromatic nitrogens is 2. The highest BCUT2D eigenvalue weighted by Crippen LogP contribution is 2.16. The number of amides is 1. The Bertz CT molecular complexity index is 480. The normalized spacial score (nSPS) is 18.5. The van der Waals surface area contributed by atoms with E-state index >= 15 is 0 Å². The third-order valence-electron chi connectivity index (χ3n) is 3.27. The van der Waals surface area contributed by atoms with Gasteiger partial charge in [0.2, 0.25) is 0 Å². The van der Waals surface area contributed by atoms with Crippen molar-refractivity contribution in [1.82, 2.24) is 14.9 Å². The Labute approximate surface area is 111 Å². The van der Waals surface area contributed by atoms with Crippen LogP contribution in [0.15, 0.2) is 17.2 Å². The lowest BCUT2D eigenvalue weighted by Crippen LogP contribution is -2.30. The molecular formula is C13H19N3O3. The smallest absolute Gasteiger partial charge is 0.271 e. The van der Waals surface area contributed by atoms with Gasteiger partial charge in [0.05, 0.1) is 18.5 Å². The minimum atomic E-state index is -0.362. The van der Waals surface area contributed by atoms with Gasteiger partial charge in [-0.25, -0.2) is 0 Å². The number of rotatable bonds is 5. The van der Waals surface area contributed by atoms with Crippen LogP contribution in [-0.2, 0) is 4.74 Å². The van der Waals surface area contributed by atoms with E-state index in [-0.39, 0.29) is 17.2 Å². The Balaban J connectivity index is 1.80. The van der Waals surface area contributed by atoms with Gasteiger partial charge in [0.15, 0.2) is 0 Å². The Morgan fingerprint density at radius 1 is 1.58 bits per heavy atom. The van der Waals surface area contributed by atoms with E-state index < -0.39 is 0 Å². The van der Waals surface area contributed by atoms with E-state index in [0.717, 1.165) is 38.5 Å². The number of aromatic amines is 1. The number of nitrogens with zero attached hydrogens (tertiary/aromatic N) is 2. The Kier molecular flexibility index (Phi) is 4.68. The molecule has 0 unspecified atom stereocenters. The largest absolute Gasteiger partial charge is 0.378 e. The van der Waals surface area contributed by atoms with Gasteiger partial charge >= 0.3 is 0 Å². The van der Waals surface area contributed by atoms with E-state index in [9.17, 15) is 9.59 Å². The summed E-state index contributed by atoms with van der Waals surface area (Å²) in [4.78, 5) is 30.9. The first-order valence-electron chi connectivity index (χ1n) is 6.58. The first-order chi connectivity index (χ1) is 9.16. The molecule has 0 saturated carbocycles. The van der Waals surface area contributed by atoms with Crippen LogP contribution in [0.3, 0.4) is 0 Å². The van der Waals surface area contributed by atoms with Crippen molar-refractivity contribution < 1.29 is 9.53 Å². The maximum absolute atomic E-state index is 12.0. The van der Waals surface area contributed by atoms with Gasteiger partial charge in [0.1, 0.15) is 5.69 Å². The molecular weight excluding hydrogens is 246 g/mol. The Morgan fingerprint density at radius 3 is 3.11 bits per heavy atom. The summed E-state index contributed by atoms with van der Waals surface area (Å²) in [7, 11) is 1.73. The SMILES string of the molecule is CN(CCC[C@H]1CCCO1)C(=O)c1cncc(=O)[nH]1. The highest BCUT2D eigenvalue weighted by atomic mass is 16.5. The average molecular weight is 265 g/mol. The molecule has 1 aliphatic rings. The summed E-state index contributed by atoms with van der Waals surface area (Å²) < 4.78 is 5.53. The molecule has 6 nitrogen and oxygen atoms in total. The topological polar surface area (TPSA) is 75.3 Å². The van der Waals surface area contributed by atoms with Crippen molar-refractivity contribution in [2.75, 3.05) is 20.2 Å². The molecule has 1 aliphatic heterocycles. The first-order valence-corrected chi connectivity index (χ1v) is 6.58. The molecule has 0 radical (unpaired) electrons. The van der Waals surface area contributed by atoms with Gasteiger partial charge in [-0.2, -0.15) is 0 Å². The second kappa shape index (κ2) is 6.47. The second-order valence-corrected chi connectivity index (χ2v) is 4.81. The average Bonchev–Trinajstić information content (AvgIpc) is 2.91. The molecule has 0 aliphatic carbocycles. The van der Waals surface area contributed by atoms with Gasteiger partial charge in [-0.05, 0) is 25.7 Å². The van der Waals surface area contributed by atoms with E-state index in [0.29, 0.717) is 12.6 Å². The quantitative estimate of drug-likeness (QED) is 0.854. The van der Waals surface area contributed by atoms with E-state index in [1.54, 1.807) is 11.9 Å². The van der Waals surface area contributed by atoms with E-state index in [1.807, 2.05) is 0 Å². The van der Waals surface area contributed by atoms with Crippen LogP contribution in [0, 0.1) is 0 Å². The molecule has 1 aromatic heterocycles. The molecule has 0 bridgehead atoms. The van der Waals surface area contributed by atoms with Crippen LogP contribution in [0.1, 0.15) is 36.2 Å². The van der Waals surface area contributed by atoms with Gasteiger partial charge in [-0.3, -0.25) is 14.6 Å². The number of H-pyrrole nitrogens is 1. The number of carbonyl (C=O) groups excluding carboxylic acids is 1. The summed E-state index contributed by atoms with van der Waals surface area (Å²) >= 11 is 0. The van der Waals surface area contributed by atoms with Crippen molar-refractivity contribution in [3.8, 4) is 0 Å². The zero-order valence-corrected chi connectivity index (χ0v) is 11.1. The van der Waals surface area contributed by atoms with Crippen molar-refractivity contribution in [2.24, 2.45) is 0 Å². The number of ether oxygens (including phenoxy) is 1. The van der Waals surface area contributed by atoms with Crippen molar-refractivity contribution in [2.45, 2.75) is 31.8 Å². The maximum Gasteiger partial charge on any atom is 0.271 e. The van der Waals surface area contributed by atoms with E-state index in [4.69, 9.17) is 4.74 Å². The lowest BCUT2D eigenvalue weighted by molar-refractivity contribution is 0.0757. The predicted molar refractivity (Wildman–Crippen MR) is 70.0 cm³/mol. The molecule has 19 heavy (non-hydrogen) atoms. The van der Waals surface area contributed by atoms with Gasteiger partial charge in [-0.1, -0.05) is 0 Å². The van der Waals surface area contributed by atoms with Crippen molar-refractivity contribution in [1.29, 1.82) is 0 Å². The monoisotopic (exact) mass is 265 g/mol. The summed E-state index contributed by atoms with van der Waals surface area (Å²) in [6.07, 6.45) is 7.00. The zero-order chi connectivity index (χ0) is 13.7. The fourth-order valence-electron chi connectivity index (χ4n) is 2.22. The number of hydrogen-bond acceptors (Lipinski definition) is 4.